The average Bonchev–Trinajstić information content (AvgIpc) is 3.58. The summed E-state index contributed by atoms with van der Waals surface area (Å²) in [6, 6.07) is 20.7. The second-order valence-corrected chi connectivity index (χ2v) is 13.5. The first kappa shape index (κ1) is 29.4. The van der Waals surface area contributed by atoms with Crippen LogP contribution in [0, 0.1) is 12.7 Å². The summed E-state index contributed by atoms with van der Waals surface area (Å²) in [6.45, 7) is 1.96. The number of aryl methyl sites for hydroxylation is 2. The maximum atomic E-state index is 14.9. The molecule has 7 rings (SSSR count). The quantitative estimate of drug-likeness (QED) is 0.229. The number of benzene rings is 3. The van der Waals surface area contributed by atoms with Gasteiger partial charge in [-0.25, -0.2) is 17.8 Å². The zero-order chi connectivity index (χ0) is 32.5. The highest BCUT2D eigenvalue weighted by molar-refractivity contribution is 7.92. The van der Waals surface area contributed by atoms with Crippen molar-refractivity contribution >= 4 is 49.4 Å². The van der Waals surface area contributed by atoms with Gasteiger partial charge in [-0.15, -0.1) is 0 Å². The van der Waals surface area contributed by atoms with Crippen LogP contribution in [0.1, 0.15) is 32.7 Å². The number of halogens is 1. The molecule has 0 atom stereocenters. The number of nitrogens with zero attached hydrogens (tertiary/aromatic N) is 3. The molecule has 1 amide bonds. The van der Waals surface area contributed by atoms with E-state index in [-0.39, 0.29) is 23.9 Å². The minimum absolute atomic E-state index is 0.175. The molecule has 1 aliphatic heterocycles. The van der Waals surface area contributed by atoms with Gasteiger partial charge in [-0.05, 0) is 49.2 Å². The molecule has 1 N–H and O–H groups in total. The van der Waals surface area contributed by atoms with Crippen molar-refractivity contribution in [3.05, 3.63) is 95.3 Å². The van der Waals surface area contributed by atoms with Gasteiger partial charge in [-0.3, -0.25) is 18.5 Å². The number of carbonyl (C=O) groups excluding carboxylic acids is 2. The summed E-state index contributed by atoms with van der Waals surface area (Å²) in [4.78, 5) is 31.6. The summed E-state index contributed by atoms with van der Waals surface area (Å²) < 4.78 is 49.5. The van der Waals surface area contributed by atoms with Crippen LogP contribution in [-0.4, -0.2) is 50.1 Å². The number of pyridine rings is 1. The van der Waals surface area contributed by atoms with E-state index in [0.717, 1.165) is 21.7 Å². The van der Waals surface area contributed by atoms with Crippen LogP contribution >= 0.6 is 0 Å². The van der Waals surface area contributed by atoms with Gasteiger partial charge in [-0.1, -0.05) is 42.0 Å². The number of aromatic nitrogens is 2. The van der Waals surface area contributed by atoms with Gasteiger partial charge in [0.2, 0.25) is 15.9 Å². The zero-order valence-electron chi connectivity index (χ0n) is 25.5. The molecular formula is C35H29FN4O5S. The summed E-state index contributed by atoms with van der Waals surface area (Å²) >= 11 is 0. The maximum absolute atomic E-state index is 14.9. The molecule has 0 saturated heterocycles. The molecule has 0 bridgehead atoms. The smallest absolute Gasteiger partial charge is 0.255 e. The first-order valence-electron chi connectivity index (χ1n) is 14.6. The van der Waals surface area contributed by atoms with Crippen molar-refractivity contribution in [1.82, 2.24) is 14.9 Å². The number of anilines is 1. The van der Waals surface area contributed by atoms with Crippen LogP contribution in [0.2, 0.25) is 0 Å². The van der Waals surface area contributed by atoms with E-state index in [2.05, 4.69) is 5.32 Å². The third-order valence-electron chi connectivity index (χ3n) is 8.56. The second kappa shape index (κ2) is 10.7. The highest BCUT2D eigenvalue weighted by atomic mass is 32.2. The van der Waals surface area contributed by atoms with Gasteiger partial charge in [0.15, 0.2) is 0 Å². The predicted octanol–water partition coefficient (Wildman–Crippen LogP) is 6.57. The number of amides is 1. The minimum Gasteiger partial charge on any atom is -0.455 e. The van der Waals surface area contributed by atoms with Gasteiger partial charge in [0, 0.05) is 48.5 Å². The molecule has 0 spiro atoms. The van der Waals surface area contributed by atoms with Gasteiger partial charge in [-0.2, -0.15) is 0 Å². The molecule has 0 aliphatic carbocycles. The number of rotatable bonds is 5. The van der Waals surface area contributed by atoms with Gasteiger partial charge in [0.05, 0.1) is 40.1 Å². The molecule has 1 aliphatic rings. The van der Waals surface area contributed by atoms with E-state index in [4.69, 9.17) is 9.40 Å². The molecule has 9 nitrogen and oxygen atoms in total. The van der Waals surface area contributed by atoms with Crippen LogP contribution in [0.3, 0.4) is 0 Å². The molecule has 0 radical (unpaired) electrons. The van der Waals surface area contributed by atoms with Gasteiger partial charge in [0.1, 0.15) is 17.2 Å². The van der Waals surface area contributed by atoms with Crippen molar-refractivity contribution in [2.45, 2.75) is 19.8 Å². The van der Waals surface area contributed by atoms with Crippen LogP contribution < -0.4 is 9.62 Å². The van der Waals surface area contributed by atoms with Crippen LogP contribution in [0.25, 0.3) is 55.8 Å². The highest BCUT2D eigenvalue weighted by Crippen LogP contribution is 2.42. The fraction of sp³-hybridized carbons (Fsp3) is 0.171. The van der Waals surface area contributed by atoms with Crippen LogP contribution in [-0.2, 0) is 16.4 Å². The third-order valence-corrected chi connectivity index (χ3v) is 9.75. The number of hydrogen-bond donors (Lipinski definition) is 1. The molecule has 6 aromatic rings. The van der Waals surface area contributed by atoms with E-state index in [9.17, 15) is 22.4 Å². The molecule has 4 heterocycles. The van der Waals surface area contributed by atoms with Crippen LogP contribution in [0.4, 0.5) is 10.1 Å². The molecule has 3 aromatic carbocycles. The van der Waals surface area contributed by atoms with E-state index in [1.54, 1.807) is 36.4 Å². The van der Waals surface area contributed by atoms with E-state index < -0.39 is 15.8 Å². The molecule has 46 heavy (non-hydrogen) atoms. The van der Waals surface area contributed by atoms with Crippen LogP contribution in [0.5, 0.6) is 0 Å². The normalized spacial score (nSPS) is 13.0. The Bertz CT molecular complexity index is 2360. The minimum atomic E-state index is -3.74. The molecule has 11 heteroatoms. The second-order valence-electron chi connectivity index (χ2n) is 11.5. The van der Waals surface area contributed by atoms with Crippen molar-refractivity contribution in [2.75, 3.05) is 24.7 Å². The maximum Gasteiger partial charge on any atom is 0.255 e. The molecule has 0 saturated carbocycles. The Hall–Kier alpha value is -5.29. The first-order chi connectivity index (χ1) is 22.0. The first-order valence-corrected chi connectivity index (χ1v) is 16.5. The fourth-order valence-electron chi connectivity index (χ4n) is 6.09. The molecule has 3 aromatic heterocycles. The standard InChI is InChI=1S/C35H29FN4O5S/c1-19-8-10-21(11-9-19)34-32(35(42)37-2)24-16-23(28(18-30(24)45-34)39(3)46(4,43)44)26-14-12-20-13-15-31(41)40-27-7-5-6-25(36)22(27)17-29(40)33(20)38-26/h5-12,14,16-18H,13,15H2,1-4H3,(H,37,42). The lowest BCUT2D eigenvalue weighted by molar-refractivity contribution is 0.0910. The lowest BCUT2D eigenvalue weighted by atomic mass is 9.99. The summed E-state index contributed by atoms with van der Waals surface area (Å²) in [5.41, 5.74) is 5.66. The van der Waals surface area contributed by atoms with Crippen molar-refractivity contribution in [3.63, 3.8) is 0 Å². The van der Waals surface area contributed by atoms with Crippen molar-refractivity contribution in [2.24, 2.45) is 0 Å². The SMILES string of the molecule is CNC(=O)c1c(-c2ccc(C)cc2)oc2cc(N(C)S(C)(=O)=O)c(-c3ccc4c(n3)-c3cc5c(F)cccc5n3C(=O)CC4)cc12. The zero-order valence-corrected chi connectivity index (χ0v) is 26.3. The summed E-state index contributed by atoms with van der Waals surface area (Å²) in [5, 5.41) is 3.47. The summed E-state index contributed by atoms with van der Waals surface area (Å²) in [7, 11) is -0.775. The third kappa shape index (κ3) is 4.66. The average molecular weight is 637 g/mol. The summed E-state index contributed by atoms with van der Waals surface area (Å²) in [5.74, 6) is -0.646. The van der Waals surface area contributed by atoms with Crippen LogP contribution in [0.15, 0.2) is 77.2 Å². The van der Waals surface area contributed by atoms with Crippen molar-refractivity contribution < 1.29 is 26.8 Å². The predicted molar refractivity (Wildman–Crippen MR) is 176 cm³/mol. The van der Waals surface area contributed by atoms with E-state index >= 15 is 0 Å². The lowest BCUT2D eigenvalue weighted by Crippen LogP contribution is -2.25. The Morgan fingerprint density at radius 1 is 1.02 bits per heavy atom. The van der Waals surface area contributed by atoms with E-state index in [1.165, 1.54) is 24.7 Å². The van der Waals surface area contributed by atoms with Gasteiger partial charge >= 0.3 is 0 Å². The van der Waals surface area contributed by atoms with Crippen molar-refractivity contribution in [3.8, 4) is 34.0 Å². The number of carbonyl (C=O) groups is 2. The molecule has 0 fully saturated rings. The number of nitrogens with one attached hydrogen (secondary N) is 1. The lowest BCUT2D eigenvalue weighted by Gasteiger charge is -2.21. The number of fused-ring (bicyclic) bond motifs is 6. The Morgan fingerprint density at radius 3 is 2.50 bits per heavy atom. The van der Waals surface area contributed by atoms with Crippen molar-refractivity contribution in [1.29, 1.82) is 0 Å². The topological polar surface area (TPSA) is 115 Å². The van der Waals surface area contributed by atoms with E-state index in [1.807, 2.05) is 37.3 Å². The monoisotopic (exact) mass is 636 g/mol. The Kier molecular flexibility index (Phi) is 6.82. The summed E-state index contributed by atoms with van der Waals surface area (Å²) in [6.07, 6.45) is 1.74. The number of hydrogen-bond acceptors (Lipinski definition) is 6. The largest absolute Gasteiger partial charge is 0.455 e. The number of sulfonamides is 1. The molecule has 0 unspecified atom stereocenters. The Morgan fingerprint density at radius 2 is 1.78 bits per heavy atom. The van der Waals surface area contributed by atoms with E-state index in [0.29, 0.717) is 67.8 Å². The highest BCUT2D eigenvalue weighted by Gasteiger charge is 2.28. The van der Waals surface area contributed by atoms with Gasteiger partial charge in [0.25, 0.3) is 5.91 Å². The number of furan rings is 1. The Labute approximate surface area is 264 Å². The fourth-order valence-corrected chi connectivity index (χ4v) is 6.60. The molecule has 232 valence electrons. The Balaban J connectivity index is 1.52. The van der Waals surface area contributed by atoms with Gasteiger partial charge < -0.3 is 9.73 Å². The molecular weight excluding hydrogens is 607 g/mol.